The molecular formula is C18H24O3. The Kier molecular flexibility index (Phi) is 5.43. The minimum absolute atomic E-state index is 0.225. The summed E-state index contributed by atoms with van der Waals surface area (Å²) >= 11 is 0. The lowest BCUT2D eigenvalue weighted by Crippen LogP contribution is -2.02. The number of hydrogen-bond donors (Lipinski definition) is 1. The first kappa shape index (κ1) is 15.6. The average Bonchev–Trinajstić information content (AvgIpc) is 2.45. The molecule has 1 aromatic heterocycles. The zero-order valence-electron chi connectivity index (χ0n) is 12.9. The van der Waals surface area contributed by atoms with Crippen LogP contribution in [-0.4, -0.2) is 5.11 Å². The summed E-state index contributed by atoms with van der Waals surface area (Å²) in [5.74, 6) is 0.225. The number of rotatable bonds is 7. The van der Waals surface area contributed by atoms with Crippen LogP contribution in [-0.2, 0) is 6.42 Å². The van der Waals surface area contributed by atoms with E-state index in [4.69, 9.17) is 4.42 Å². The highest BCUT2D eigenvalue weighted by atomic mass is 16.4. The highest BCUT2D eigenvalue weighted by Gasteiger charge is 2.07. The molecule has 1 aromatic carbocycles. The molecular weight excluding hydrogens is 264 g/mol. The standard InChI is InChI=1S/C18H24O3/c1-3-4-5-6-7-8-9-14-11-15-10-13(2)18(20)21-17(15)12-16(14)19/h10-12,19H,3-9H2,1-2H3. The topological polar surface area (TPSA) is 50.4 Å². The zero-order chi connectivity index (χ0) is 15.2. The maximum absolute atomic E-state index is 11.5. The van der Waals surface area contributed by atoms with Gasteiger partial charge in [0.2, 0.25) is 0 Å². The van der Waals surface area contributed by atoms with E-state index in [1.165, 1.54) is 32.1 Å². The summed E-state index contributed by atoms with van der Waals surface area (Å²) in [6, 6.07) is 5.32. The molecule has 0 aliphatic heterocycles. The van der Waals surface area contributed by atoms with E-state index >= 15 is 0 Å². The minimum atomic E-state index is -0.342. The Bertz CT molecular complexity index is 655. The van der Waals surface area contributed by atoms with E-state index in [2.05, 4.69) is 6.92 Å². The molecule has 2 aromatic rings. The number of phenolic OH excluding ortho intramolecular Hbond substituents is 1. The van der Waals surface area contributed by atoms with Crippen molar-refractivity contribution < 1.29 is 9.52 Å². The van der Waals surface area contributed by atoms with Crippen LogP contribution in [0.4, 0.5) is 0 Å². The van der Waals surface area contributed by atoms with Gasteiger partial charge in [0, 0.05) is 17.0 Å². The summed E-state index contributed by atoms with van der Waals surface area (Å²) < 4.78 is 5.18. The molecule has 1 N–H and O–H groups in total. The summed E-state index contributed by atoms with van der Waals surface area (Å²) in [4.78, 5) is 11.5. The number of fused-ring (bicyclic) bond motifs is 1. The van der Waals surface area contributed by atoms with E-state index < -0.39 is 0 Å². The lowest BCUT2D eigenvalue weighted by molar-refractivity contribution is 0.464. The maximum Gasteiger partial charge on any atom is 0.339 e. The van der Waals surface area contributed by atoms with Crippen molar-refractivity contribution in [1.82, 2.24) is 0 Å². The first-order valence-corrected chi connectivity index (χ1v) is 7.88. The Balaban J connectivity index is 2.04. The van der Waals surface area contributed by atoms with Crippen LogP contribution in [0.25, 0.3) is 11.0 Å². The van der Waals surface area contributed by atoms with Crippen LogP contribution in [0.1, 0.15) is 56.6 Å². The van der Waals surface area contributed by atoms with Gasteiger partial charge in [-0.15, -0.1) is 0 Å². The van der Waals surface area contributed by atoms with Gasteiger partial charge in [0.15, 0.2) is 0 Å². The molecule has 2 rings (SSSR count). The third-order valence-electron chi connectivity index (χ3n) is 3.91. The van der Waals surface area contributed by atoms with Gasteiger partial charge in [-0.1, -0.05) is 39.0 Å². The zero-order valence-corrected chi connectivity index (χ0v) is 12.9. The molecule has 0 spiro atoms. The minimum Gasteiger partial charge on any atom is -0.508 e. The third kappa shape index (κ3) is 4.10. The van der Waals surface area contributed by atoms with Gasteiger partial charge in [0.05, 0.1) is 0 Å². The van der Waals surface area contributed by atoms with Crippen molar-refractivity contribution in [2.45, 2.75) is 58.8 Å². The monoisotopic (exact) mass is 288 g/mol. The molecule has 3 nitrogen and oxygen atoms in total. The van der Waals surface area contributed by atoms with Gasteiger partial charge in [0.25, 0.3) is 0 Å². The normalized spacial score (nSPS) is 11.1. The number of benzene rings is 1. The van der Waals surface area contributed by atoms with Crippen LogP contribution in [0.3, 0.4) is 0 Å². The summed E-state index contributed by atoms with van der Waals surface area (Å²) in [6.07, 6.45) is 8.27. The van der Waals surface area contributed by atoms with Gasteiger partial charge in [0.1, 0.15) is 11.3 Å². The molecule has 0 fully saturated rings. The predicted molar refractivity (Wildman–Crippen MR) is 86.0 cm³/mol. The molecule has 0 aliphatic carbocycles. The lowest BCUT2D eigenvalue weighted by Gasteiger charge is -2.07. The second kappa shape index (κ2) is 7.30. The Hall–Kier alpha value is -1.77. The van der Waals surface area contributed by atoms with Crippen molar-refractivity contribution in [1.29, 1.82) is 0 Å². The summed E-state index contributed by atoms with van der Waals surface area (Å²) in [7, 11) is 0. The Labute approximate surface area is 125 Å². The molecule has 0 bridgehead atoms. The van der Waals surface area contributed by atoms with E-state index in [1.807, 2.05) is 12.1 Å². The van der Waals surface area contributed by atoms with Crippen LogP contribution in [0.2, 0.25) is 0 Å². The van der Waals surface area contributed by atoms with Crippen molar-refractivity contribution >= 4 is 11.0 Å². The average molecular weight is 288 g/mol. The van der Waals surface area contributed by atoms with Crippen molar-refractivity contribution in [3.05, 3.63) is 39.7 Å². The number of hydrogen-bond acceptors (Lipinski definition) is 3. The van der Waals surface area contributed by atoms with Crippen molar-refractivity contribution in [2.24, 2.45) is 0 Å². The summed E-state index contributed by atoms with van der Waals surface area (Å²) in [5.41, 5.74) is 1.64. The highest BCUT2D eigenvalue weighted by molar-refractivity contribution is 5.79. The number of aryl methyl sites for hydroxylation is 2. The third-order valence-corrected chi connectivity index (χ3v) is 3.91. The van der Waals surface area contributed by atoms with Crippen LogP contribution < -0.4 is 5.63 Å². The molecule has 0 atom stereocenters. The van der Waals surface area contributed by atoms with E-state index in [1.54, 1.807) is 13.0 Å². The number of phenols is 1. The highest BCUT2D eigenvalue weighted by Crippen LogP contribution is 2.26. The predicted octanol–water partition coefficient (Wildman–Crippen LogP) is 4.71. The van der Waals surface area contributed by atoms with Crippen LogP contribution >= 0.6 is 0 Å². The van der Waals surface area contributed by atoms with Crippen LogP contribution in [0.15, 0.2) is 27.4 Å². The van der Waals surface area contributed by atoms with Gasteiger partial charge in [-0.25, -0.2) is 4.79 Å². The quantitative estimate of drug-likeness (QED) is 0.593. The van der Waals surface area contributed by atoms with Gasteiger partial charge in [-0.2, -0.15) is 0 Å². The molecule has 21 heavy (non-hydrogen) atoms. The molecule has 114 valence electrons. The summed E-state index contributed by atoms with van der Waals surface area (Å²) in [5, 5.41) is 10.9. The number of unbranched alkanes of at least 4 members (excludes halogenated alkanes) is 5. The molecule has 0 saturated carbocycles. The van der Waals surface area contributed by atoms with Crippen LogP contribution in [0.5, 0.6) is 5.75 Å². The largest absolute Gasteiger partial charge is 0.508 e. The Morgan fingerprint density at radius 1 is 1.05 bits per heavy atom. The summed E-state index contributed by atoms with van der Waals surface area (Å²) in [6.45, 7) is 3.96. The van der Waals surface area contributed by atoms with E-state index in [0.29, 0.717) is 11.1 Å². The Morgan fingerprint density at radius 3 is 2.52 bits per heavy atom. The maximum atomic E-state index is 11.5. The number of aromatic hydroxyl groups is 1. The molecule has 0 unspecified atom stereocenters. The second-order valence-electron chi connectivity index (χ2n) is 5.75. The van der Waals surface area contributed by atoms with E-state index in [9.17, 15) is 9.90 Å². The van der Waals surface area contributed by atoms with Gasteiger partial charge in [-0.05, 0) is 37.5 Å². The van der Waals surface area contributed by atoms with Gasteiger partial charge in [-0.3, -0.25) is 0 Å². The Morgan fingerprint density at radius 2 is 1.76 bits per heavy atom. The fourth-order valence-electron chi connectivity index (χ4n) is 2.60. The second-order valence-corrected chi connectivity index (χ2v) is 5.75. The van der Waals surface area contributed by atoms with Crippen LogP contribution in [0, 0.1) is 6.92 Å². The fourth-order valence-corrected chi connectivity index (χ4v) is 2.60. The lowest BCUT2D eigenvalue weighted by atomic mass is 10.0. The van der Waals surface area contributed by atoms with Crippen molar-refractivity contribution in [2.75, 3.05) is 0 Å². The molecule has 0 aliphatic rings. The smallest absolute Gasteiger partial charge is 0.339 e. The fraction of sp³-hybridized carbons (Fsp3) is 0.500. The molecule has 0 amide bonds. The first-order chi connectivity index (χ1) is 10.1. The molecule has 0 saturated heterocycles. The van der Waals surface area contributed by atoms with Crippen molar-refractivity contribution in [3.63, 3.8) is 0 Å². The first-order valence-electron chi connectivity index (χ1n) is 7.88. The molecule has 1 heterocycles. The molecule has 3 heteroatoms. The van der Waals surface area contributed by atoms with E-state index in [-0.39, 0.29) is 11.4 Å². The van der Waals surface area contributed by atoms with Gasteiger partial charge >= 0.3 is 5.63 Å². The van der Waals surface area contributed by atoms with E-state index in [0.717, 1.165) is 23.8 Å². The van der Waals surface area contributed by atoms with Crippen molar-refractivity contribution in [3.8, 4) is 5.75 Å². The van der Waals surface area contributed by atoms with Gasteiger partial charge < -0.3 is 9.52 Å². The molecule has 0 radical (unpaired) electrons. The SMILES string of the molecule is CCCCCCCCc1cc2cc(C)c(=O)oc2cc1O.